The maximum atomic E-state index is 13.0. The monoisotopic (exact) mass is 557 g/mol. The van der Waals surface area contributed by atoms with Crippen LogP contribution in [-0.2, 0) is 19.6 Å². The van der Waals surface area contributed by atoms with E-state index in [1.54, 1.807) is 17.5 Å². The van der Waals surface area contributed by atoms with Gasteiger partial charge in [0.2, 0.25) is 11.7 Å². The number of thiazole rings is 1. The molecule has 0 radical (unpaired) electrons. The number of nitrogens with zero attached hydrogens (tertiary/aromatic N) is 1. The molecule has 2 aromatic carbocycles. The number of amides is 1. The normalized spacial score (nSPS) is 14.2. The van der Waals surface area contributed by atoms with Crippen molar-refractivity contribution in [2.45, 2.75) is 23.5 Å². The predicted molar refractivity (Wildman–Crippen MR) is 139 cm³/mol. The van der Waals surface area contributed by atoms with Gasteiger partial charge in [0.25, 0.3) is 10.0 Å². The first-order valence-corrected chi connectivity index (χ1v) is 13.9. The molecule has 1 unspecified atom stereocenters. The van der Waals surface area contributed by atoms with Crippen molar-refractivity contribution in [1.82, 2.24) is 4.98 Å². The second-order valence-corrected chi connectivity index (χ2v) is 11.6. The molecule has 3 aromatic rings. The molecule has 0 saturated carbocycles. The van der Waals surface area contributed by atoms with Gasteiger partial charge in [-0.3, -0.25) is 23.9 Å². The SMILES string of the molecule is CC1=C(SC(CC(=O)O)C(=O)Nc2ccc(S(=O)(=O)Nc3nccs3)cc2)C(=O)c2ccccc2C1=O. The molecule has 0 aliphatic heterocycles. The zero-order chi connectivity index (χ0) is 26.7. The van der Waals surface area contributed by atoms with E-state index in [0.29, 0.717) is 0 Å². The third-order valence-corrected chi connectivity index (χ3v) is 8.87. The minimum atomic E-state index is -3.89. The minimum absolute atomic E-state index is 0.0137. The highest BCUT2D eigenvalue weighted by molar-refractivity contribution is 8.05. The highest BCUT2D eigenvalue weighted by Crippen LogP contribution is 2.36. The summed E-state index contributed by atoms with van der Waals surface area (Å²) in [5, 5.41) is 12.5. The first kappa shape index (κ1) is 26.3. The highest BCUT2D eigenvalue weighted by atomic mass is 32.2. The number of hydrogen-bond acceptors (Lipinski definition) is 9. The van der Waals surface area contributed by atoms with Gasteiger partial charge in [-0.05, 0) is 31.2 Å². The number of anilines is 2. The van der Waals surface area contributed by atoms with Crippen LogP contribution in [0.15, 0.2) is 75.5 Å². The van der Waals surface area contributed by atoms with Gasteiger partial charge < -0.3 is 10.4 Å². The number of fused-ring (bicyclic) bond motifs is 1. The lowest BCUT2D eigenvalue weighted by Crippen LogP contribution is -2.29. The fourth-order valence-electron chi connectivity index (χ4n) is 3.50. The molecule has 1 aliphatic rings. The van der Waals surface area contributed by atoms with Crippen LogP contribution < -0.4 is 10.0 Å². The van der Waals surface area contributed by atoms with Gasteiger partial charge in [0.05, 0.1) is 21.5 Å². The predicted octanol–water partition coefficient (Wildman–Crippen LogP) is 3.81. The molecule has 0 saturated heterocycles. The lowest BCUT2D eigenvalue weighted by molar-refractivity contribution is -0.138. The number of carboxylic acid groups (broad SMARTS) is 1. The zero-order valence-corrected chi connectivity index (χ0v) is 21.6. The second kappa shape index (κ2) is 10.7. The Labute approximate surface area is 219 Å². The third kappa shape index (κ3) is 5.79. The first-order chi connectivity index (χ1) is 17.6. The molecule has 190 valence electrons. The van der Waals surface area contributed by atoms with E-state index in [1.807, 2.05) is 0 Å². The summed E-state index contributed by atoms with van der Waals surface area (Å²) in [5.41, 5.74) is 0.807. The van der Waals surface area contributed by atoms with Crippen LogP contribution >= 0.6 is 23.1 Å². The molecule has 1 heterocycles. The van der Waals surface area contributed by atoms with Crippen molar-refractivity contribution < 1.29 is 32.7 Å². The Bertz CT molecular complexity index is 1530. The number of carbonyl (C=O) groups is 4. The maximum absolute atomic E-state index is 13.0. The number of aliphatic carboxylic acids is 1. The Morgan fingerprint density at radius 2 is 1.70 bits per heavy atom. The van der Waals surface area contributed by atoms with E-state index >= 15 is 0 Å². The van der Waals surface area contributed by atoms with Crippen LogP contribution in [0.2, 0.25) is 0 Å². The van der Waals surface area contributed by atoms with Crippen LogP contribution in [0.1, 0.15) is 34.1 Å². The van der Waals surface area contributed by atoms with Crippen molar-refractivity contribution >= 4 is 67.4 Å². The van der Waals surface area contributed by atoms with Gasteiger partial charge in [-0.1, -0.05) is 24.3 Å². The number of ketones is 2. The minimum Gasteiger partial charge on any atom is -0.481 e. The highest BCUT2D eigenvalue weighted by Gasteiger charge is 2.34. The van der Waals surface area contributed by atoms with Crippen LogP contribution in [-0.4, -0.2) is 47.2 Å². The molecule has 0 fully saturated rings. The Morgan fingerprint density at radius 1 is 1.05 bits per heavy atom. The van der Waals surface area contributed by atoms with E-state index in [1.165, 1.54) is 49.5 Å². The number of sulfonamides is 1. The molecule has 4 rings (SSSR count). The molecular weight excluding hydrogens is 538 g/mol. The standard InChI is InChI=1S/C24H19N3O7S3/c1-13-20(30)16-4-2-3-5-17(16)21(31)22(13)36-18(12-19(28)29)23(32)26-14-6-8-15(9-7-14)37(33,34)27-24-25-10-11-35-24/h2-11,18H,12H2,1H3,(H,25,27)(H,26,32)(H,28,29). The molecule has 1 aliphatic carbocycles. The number of nitrogens with one attached hydrogen (secondary N) is 2. The molecule has 1 aromatic heterocycles. The quantitative estimate of drug-likeness (QED) is 0.355. The zero-order valence-electron chi connectivity index (χ0n) is 19.1. The molecule has 37 heavy (non-hydrogen) atoms. The van der Waals surface area contributed by atoms with Gasteiger partial charge in [-0.15, -0.1) is 23.1 Å². The Kier molecular flexibility index (Phi) is 7.57. The maximum Gasteiger partial charge on any atom is 0.305 e. The summed E-state index contributed by atoms with van der Waals surface area (Å²) in [4.78, 5) is 54.1. The summed E-state index contributed by atoms with van der Waals surface area (Å²) >= 11 is 1.84. The summed E-state index contributed by atoms with van der Waals surface area (Å²) < 4.78 is 27.3. The largest absolute Gasteiger partial charge is 0.481 e. The van der Waals surface area contributed by atoms with Crippen LogP contribution in [0.3, 0.4) is 0 Å². The van der Waals surface area contributed by atoms with E-state index < -0.39 is 39.4 Å². The number of carbonyl (C=O) groups excluding carboxylic acids is 3. The van der Waals surface area contributed by atoms with Gasteiger partial charge in [-0.25, -0.2) is 13.4 Å². The van der Waals surface area contributed by atoms with E-state index in [-0.39, 0.29) is 43.1 Å². The van der Waals surface area contributed by atoms with Crippen LogP contribution in [0.4, 0.5) is 10.8 Å². The van der Waals surface area contributed by atoms with Crippen LogP contribution in [0.25, 0.3) is 0 Å². The number of thioether (sulfide) groups is 1. The lowest BCUT2D eigenvalue weighted by Gasteiger charge is -2.22. The molecule has 1 atom stereocenters. The summed E-state index contributed by atoms with van der Waals surface area (Å²) in [6.07, 6.45) is 0.848. The van der Waals surface area contributed by atoms with Crippen molar-refractivity contribution in [2.75, 3.05) is 10.0 Å². The van der Waals surface area contributed by atoms with Gasteiger partial charge in [0.15, 0.2) is 10.9 Å². The van der Waals surface area contributed by atoms with Crippen molar-refractivity contribution in [3.8, 4) is 0 Å². The Balaban J connectivity index is 1.52. The second-order valence-electron chi connectivity index (χ2n) is 7.82. The smallest absolute Gasteiger partial charge is 0.305 e. The van der Waals surface area contributed by atoms with Gasteiger partial charge in [0.1, 0.15) is 0 Å². The molecule has 1 amide bonds. The molecule has 13 heteroatoms. The summed E-state index contributed by atoms with van der Waals surface area (Å²) in [7, 11) is -3.89. The Morgan fingerprint density at radius 3 is 2.30 bits per heavy atom. The number of allylic oxidation sites excluding steroid dienone is 2. The third-order valence-electron chi connectivity index (χ3n) is 5.30. The number of benzene rings is 2. The number of aromatic nitrogens is 1. The average Bonchev–Trinajstić information content (AvgIpc) is 3.37. The van der Waals surface area contributed by atoms with Crippen molar-refractivity contribution in [3.63, 3.8) is 0 Å². The van der Waals surface area contributed by atoms with E-state index in [2.05, 4.69) is 15.0 Å². The molecule has 10 nitrogen and oxygen atoms in total. The summed E-state index contributed by atoms with van der Waals surface area (Å²) in [6, 6.07) is 11.6. The van der Waals surface area contributed by atoms with Crippen molar-refractivity contribution in [2.24, 2.45) is 0 Å². The topological polar surface area (TPSA) is 160 Å². The number of Topliss-reactive ketones (excluding diaryl/α,β-unsaturated/α-hetero) is 2. The number of rotatable bonds is 9. The van der Waals surface area contributed by atoms with E-state index in [0.717, 1.165) is 23.1 Å². The van der Waals surface area contributed by atoms with E-state index in [9.17, 15) is 32.7 Å². The van der Waals surface area contributed by atoms with Crippen LogP contribution in [0, 0.1) is 0 Å². The van der Waals surface area contributed by atoms with Crippen molar-refractivity contribution in [3.05, 3.63) is 81.7 Å². The van der Waals surface area contributed by atoms with Gasteiger partial charge in [0, 0.05) is 34.0 Å². The fraction of sp³-hybridized carbons (Fsp3) is 0.125. The van der Waals surface area contributed by atoms with Crippen molar-refractivity contribution in [1.29, 1.82) is 0 Å². The van der Waals surface area contributed by atoms with Gasteiger partial charge >= 0.3 is 5.97 Å². The van der Waals surface area contributed by atoms with Gasteiger partial charge in [-0.2, -0.15) is 0 Å². The van der Waals surface area contributed by atoms with Crippen LogP contribution in [0.5, 0.6) is 0 Å². The number of hydrogen-bond donors (Lipinski definition) is 3. The Hall–Kier alpha value is -3.81. The molecular formula is C24H19N3O7S3. The summed E-state index contributed by atoms with van der Waals surface area (Å²) in [6.45, 7) is 1.47. The summed E-state index contributed by atoms with van der Waals surface area (Å²) in [5.74, 6) is -2.81. The molecule has 0 spiro atoms. The molecule has 3 N–H and O–H groups in total. The first-order valence-electron chi connectivity index (χ1n) is 10.7. The fourth-order valence-corrected chi connectivity index (χ4v) is 6.45. The lowest BCUT2D eigenvalue weighted by atomic mass is 9.90. The van der Waals surface area contributed by atoms with E-state index in [4.69, 9.17) is 0 Å². The average molecular weight is 558 g/mol. The molecule has 0 bridgehead atoms. The number of carboxylic acids is 1.